The molecule has 1 aliphatic carbocycles. The lowest BCUT2D eigenvalue weighted by atomic mass is 9.87. The molecule has 1 radical (unpaired) electrons. The van der Waals surface area contributed by atoms with Crippen LogP contribution >= 0.6 is 0 Å². The second-order valence-electron chi connectivity index (χ2n) is 4.04. The molecule has 0 heterocycles. The molecular weight excluding hydrogens is 182 g/mol. The van der Waals surface area contributed by atoms with Gasteiger partial charge in [-0.05, 0) is 18.8 Å². The molecule has 0 aliphatic heterocycles. The SMILES string of the molecule is CO[C@@H]1CC[C@@H]1N(C[C](C)C)C(=O)O. The summed E-state index contributed by atoms with van der Waals surface area (Å²) in [5.74, 6) is 1.11. The molecule has 81 valence electrons. The Hall–Kier alpha value is -0.770. The molecule has 0 bridgehead atoms. The van der Waals surface area contributed by atoms with Crippen LogP contribution in [0.4, 0.5) is 4.79 Å². The van der Waals surface area contributed by atoms with Gasteiger partial charge in [0.25, 0.3) is 0 Å². The third kappa shape index (κ3) is 2.38. The van der Waals surface area contributed by atoms with Gasteiger partial charge < -0.3 is 14.7 Å². The molecular formula is C10H18NO3. The predicted octanol–water partition coefficient (Wildman–Crippen LogP) is 1.76. The number of amides is 1. The first-order chi connectivity index (χ1) is 6.56. The van der Waals surface area contributed by atoms with Crippen LogP contribution in [0, 0.1) is 5.92 Å². The van der Waals surface area contributed by atoms with Crippen molar-refractivity contribution >= 4 is 6.09 Å². The molecule has 0 saturated heterocycles. The Morgan fingerprint density at radius 2 is 2.14 bits per heavy atom. The first-order valence-corrected chi connectivity index (χ1v) is 4.87. The molecule has 0 spiro atoms. The minimum absolute atomic E-state index is 0.0485. The largest absolute Gasteiger partial charge is 0.465 e. The molecule has 1 saturated carbocycles. The number of hydrogen-bond acceptors (Lipinski definition) is 2. The maximum absolute atomic E-state index is 11.0. The highest BCUT2D eigenvalue weighted by atomic mass is 16.5. The molecule has 4 nitrogen and oxygen atoms in total. The van der Waals surface area contributed by atoms with Crippen molar-refractivity contribution in [2.24, 2.45) is 0 Å². The molecule has 1 amide bonds. The number of hydrogen-bond donors (Lipinski definition) is 1. The monoisotopic (exact) mass is 200 g/mol. The van der Waals surface area contributed by atoms with Gasteiger partial charge >= 0.3 is 6.09 Å². The molecule has 0 aromatic rings. The van der Waals surface area contributed by atoms with E-state index in [0.717, 1.165) is 18.8 Å². The van der Waals surface area contributed by atoms with E-state index in [-0.39, 0.29) is 12.1 Å². The number of ether oxygens (including phenoxy) is 1. The fraction of sp³-hybridized carbons (Fsp3) is 0.800. The summed E-state index contributed by atoms with van der Waals surface area (Å²) in [6.07, 6.45) is 1.12. The van der Waals surface area contributed by atoms with Crippen LogP contribution in [-0.2, 0) is 4.74 Å². The molecule has 14 heavy (non-hydrogen) atoms. The van der Waals surface area contributed by atoms with Crippen molar-refractivity contribution < 1.29 is 14.6 Å². The summed E-state index contributed by atoms with van der Waals surface area (Å²) in [6, 6.07) is 0.0485. The van der Waals surface area contributed by atoms with E-state index in [1.165, 1.54) is 4.90 Å². The Kier molecular flexibility index (Phi) is 3.75. The van der Waals surface area contributed by atoms with Crippen molar-refractivity contribution in [1.29, 1.82) is 0 Å². The van der Waals surface area contributed by atoms with Gasteiger partial charge in [0, 0.05) is 13.7 Å². The van der Waals surface area contributed by atoms with Crippen molar-refractivity contribution in [2.75, 3.05) is 13.7 Å². The van der Waals surface area contributed by atoms with Crippen LogP contribution < -0.4 is 0 Å². The summed E-state index contributed by atoms with van der Waals surface area (Å²) in [5, 5.41) is 9.03. The van der Waals surface area contributed by atoms with Crippen molar-refractivity contribution in [3.63, 3.8) is 0 Å². The van der Waals surface area contributed by atoms with Crippen molar-refractivity contribution in [3.05, 3.63) is 5.92 Å². The van der Waals surface area contributed by atoms with Crippen LogP contribution in [0.1, 0.15) is 26.7 Å². The average Bonchev–Trinajstić information content (AvgIpc) is 2.01. The van der Waals surface area contributed by atoms with Gasteiger partial charge in [-0.25, -0.2) is 4.79 Å². The number of carboxylic acid groups (broad SMARTS) is 1. The minimum Gasteiger partial charge on any atom is -0.465 e. The van der Waals surface area contributed by atoms with Gasteiger partial charge in [0.05, 0.1) is 12.1 Å². The summed E-state index contributed by atoms with van der Waals surface area (Å²) >= 11 is 0. The lowest BCUT2D eigenvalue weighted by Gasteiger charge is -2.42. The van der Waals surface area contributed by atoms with Gasteiger partial charge in [-0.3, -0.25) is 0 Å². The zero-order valence-corrected chi connectivity index (χ0v) is 8.99. The predicted molar refractivity (Wildman–Crippen MR) is 53.1 cm³/mol. The van der Waals surface area contributed by atoms with E-state index in [2.05, 4.69) is 0 Å². The third-order valence-electron chi connectivity index (χ3n) is 2.61. The number of methoxy groups -OCH3 is 1. The topological polar surface area (TPSA) is 49.8 Å². The summed E-state index contributed by atoms with van der Waals surface area (Å²) < 4.78 is 5.20. The van der Waals surface area contributed by atoms with E-state index in [1.807, 2.05) is 13.8 Å². The maximum atomic E-state index is 11.0. The van der Waals surface area contributed by atoms with E-state index >= 15 is 0 Å². The summed E-state index contributed by atoms with van der Waals surface area (Å²) in [4.78, 5) is 12.5. The Balaban J connectivity index is 2.54. The highest BCUT2D eigenvalue weighted by Gasteiger charge is 2.38. The number of rotatable bonds is 4. The fourth-order valence-electron chi connectivity index (χ4n) is 1.75. The number of carbonyl (C=O) groups is 1. The Morgan fingerprint density at radius 3 is 2.43 bits per heavy atom. The van der Waals surface area contributed by atoms with Gasteiger partial charge in [0.1, 0.15) is 0 Å². The molecule has 1 fully saturated rings. The van der Waals surface area contributed by atoms with Gasteiger partial charge in [-0.1, -0.05) is 13.8 Å². The van der Waals surface area contributed by atoms with Gasteiger partial charge in [0.2, 0.25) is 0 Å². The number of nitrogens with zero attached hydrogens (tertiary/aromatic N) is 1. The normalized spacial score (nSPS) is 26.0. The maximum Gasteiger partial charge on any atom is 0.407 e. The molecule has 0 aromatic carbocycles. The van der Waals surface area contributed by atoms with Crippen molar-refractivity contribution in [3.8, 4) is 0 Å². The summed E-state index contributed by atoms with van der Waals surface area (Å²) in [7, 11) is 1.64. The standard InChI is InChI=1S/C10H18NO3/c1-7(2)6-11(10(12)13)8-4-5-9(8)14-3/h8-9H,4-6H2,1-3H3,(H,12,13)/t8-,9+/m0/s1. The van der Waals surface area contributed by atoms with Gasteiger partial charge in [-0.15, -0.1) is 0 Å². The molecule has 0 unspecified atom stereocenters. The van der Waals surface area contributed by atoms with Crippen LogP contribution in [0.25, 0.3) is 0 Å². The van der Waals surface area contributed by atoms with Crippen LogP contribution in [0.3, 0.4) is 0 Å². The van der Waals surface area contributed by atoms with Crippen LogP contribution in [0.2, 0.25) is 0 Å². The van der Waals surface area contributed by atoms with Crippen LogP contribution in [0.15, 0.2) is 0 Å². The van der Waals surface area contributed by atoms with E-state index in [4.69, 9.17) is 9.84 Å². The van der Waals surface area contributed by atoms with E-state index in [0.29, 0.717) is 6.54 Å². The molecule has 2 atom stereocenters. The second-order valence-corrected chi connectivity index (χ2v) is 4.04. The van der Waals surface area contributed by atoms with Gasteiger partial charge in [-0.2, -0.15) is 0 Å². The van der Waals surface area contributed by atoms with Crippen molar-refractivity contribution in [1.82, 2.24) is 4.90 Å². The molecule has 1 rings (SSSR count). The highest BCUT2D eigenvalue weighted by molar-refractivity contribution is 5.66. The fourth-order valence-corrected chi connectivity index (χ4v) is 1.75. The zero-order valence-electron chi connectivity index (χ0n) is 8.99. The van der Waals surface area contributed by atoms with Crippen molar-refractivity contribution in [2.45, 2.75) is 38.8 Å². The Morgan fingerprint density at radius 1 is 1.50 bits per heavy atom. The Bertz CT molecular complexity index is 204. The first-order valence-electron chi connectivity index (χ1n) is 4.87. The van der Waals surface area contributed by atoms with Crippen LogP contribution in [-0.4, -0.2) is 41.9 Å². The minimum atomic E-state index is -0.849. The molecule has 0 aromatic heterocycles. The average molecular weight is 200 g/mol. The van der Waals surface area contributed by atoms with Gasteiger partial charge in [0.15, 0.2) is 0 Å². The van der Waals surface area contributed by atoms with E-state index in [9.17, 15) is 4.79 Å². The first kappa shape index (κ1) is 11.3. The summed E-state index contributed by atoms with van der Waals surface area (Å²) in [5.41, 5.74) is 0. The van der Waals surface area contributed by atoms with E-state index in [1.54, 1.807) is 7.11 Å². The smallest absolute Gasteiger partial charge is 0.407 e. The molecule has 1 N–H and O–H groups in total. The lowest BCUT2D eigenvalue weighted by Crippen LogP contribution is -2.54. The zero-order chi connectivity index (χ0) is 10.7. The Labute approximate surface area is 84.8 Å². The third-order valence-corrected chi connectivity index (χ3v) is 2.61. The lowest BCUT2D eigenvalue weighted by molar-refractivity contribution is -0.0396. The summed E-state index contributed by atoms with van der Waals surface area (Å²) in [6.45, 7) is 4.40. The quantitative estimate of drug-likeness (QED) is 0.752. The highest BCUT2D eigenvalue weighted by Crippen LogP contribution is 2.28. The van der Waals surface area contributed by atoms with E-state index < -0.39 is 6.09 Å². The second kappa shape index (κ2) is 4.64. The molecule has 4 heteroatoms. The van der Waals surface area contributed by atoms with Crippen LogP contribution in [0.5, 0.6) is 0 Å². The molecule has 1 aliphatic rings.